The van der Waals surface area contributed by atoms with Gasteiger partial charge in [-0.2, -0.15) is 0 Å². The van der Waals surface area contributed by atoms with E-state index in [2.05, 4.69) is 9.72 Å². The number of hydrogen-bond donors (Lipinski definition) is 1. The number of aromatic hydroxyl groups is 1. The highest BCUT2D eigenvalue weighted by atomic mass is 35.5. The van der Waals surface area contributed by atoms with Crippen LogP contribution >= 0.6 is 11.6 Å². The molecule has 1 rings (SSSR count). The van der Waals surface area contributed by atoms with Crippen molar-refractivity contribution in [2.24, 2.45) is 0 Å². The average molecular weight is 210 g/mol. The zero-order valence-corrected chi connectivity index (χ0v) is 7.35. The number of halogens is 3. The van der Waals surface area contributed by atoms with Crippen LogP contribution in [0.2, 0.25) is 5.15 Å². The summed E-state index contributed by atoms with van der Waals surface area (Å²) < 4.78 is 29.2. The zero-order chi connectivity index (χ0) is 10.0. The van der Waals surface area contributed by atoms with E-state index >= 15 is 0 Å². The van der Waals surface area contributed by atoms with Crippen molar-refractivity contribution in [2.75, 3.05) is 7.11 Å². The summed E-state index contributed by atoms with van der Waals surface area (Å²) >= 11 is 5.34. The number of ether oxygens (including phenoxy) is 1. The lowest BCUT2D eigenvalue weighted by atomic mass is 10.2. The maximum Gasteiger partial charge on any atom is 0.271 e. The molecular weight excluding hydrogens is 204 g/mol. The summed E-state index contributed by atoms with van der Waals surface area (Å²) in [6.45, 7) is 0. The van der Waals surface area contributed by atoms with Crippen LogP contribution < -0.4 is 4.74 Å². The van der Waals surface area contributed by atoms with Crippen molar-refractivity contribution in [2.45, 2.75) is 6.43 Å². The first-order valence-electron chi connectivity index (χ1n) is 3.27. The third kappa shape index (κ3) is 1.80. The van der Waals surface area contributed by atoms with Crippen LogP contribution in [0.1, 0.15) is 12.0 Å². The predicted octanol–water partition coefficient (Wildman–Crippen LogP) is 2.39. The summed E-state index contributed by atoms with van der Waals surface area (Å²) in [5.74, 6) is -0.923. The highest BCUT2D eigenvalue weighted by Gasteiger charge is 2.21. The molecule has 13 heavy (non-hydrogen) atoms. The summed E-state index contributed by atoms with van der Waals surface area (Å²) in [4.78, 5) is 3.45. The molecular formula is C7H6ClF2NO2. The smallest absolute Gasteiger partial charge is 0.271 e. The highest BCUT2D eigenvalue weighted by Crippen LogP contribution is 2.38. The maximum absolute atomic E-state index is 12.3. The van der Waals surface area contributed by atoms with Crippen molar-refractivity contribution >= 4 is 11.6 Å². The molecule has 0 fully saturated rings. The lowest BCUT2D eigenvalue weighted by Crippen LogP contribution is -1.95. The normalized spacial score (nSPS) is 10.5. The van der Waals surface area contributed by atoms with Gasteiger partial charge in [-0.25, -0.2) is 13.8 Å². The van der Waals surface area contributed by atoms with Crippen molar-refractivity contribution in [3.63, 3.8) is 0 Å². The van der Waals surface area contributed by atoms with Crippen molar-refractivity contribution in [3.8, 4) is 11.5 Å². The predicted molar refractivity (Wildman–Crippen MR) is 42.4 cm³/mol. The Hall–Kier alpha value is -1.10. The van der Waals surface area contributed by atoms with E-state index in [4.69, 9.17) is 16.7 Å². The van der Waals surface area contributed by atoms with Gasteiger partial charge >= 0.3 is 0 Å². The lowest BCUT2D eigenvalue weighted by molar-refractivity contribution is 0.142. The molecule has 0 saturated carbocycles. The number of hydrogen-bond acceptors (Lipinski definition) is 3. The lowest BCUT2D eigenvalue weighted by Gasteiger charge is -2.09. The first-order chi connectivity index (χ1) is 6.07. The van der Waals surface area contributed by atoms with Gasteiger partial charge in [0.15, 0.2) is 10.9 Å². The highest BCUT2D eigenvalue weighted by molar-refractivity contribution is 6.30. The Kier molecular flexibility index (Phi) is 2.87. The summed E-state index contributed by atoms with van der Waals surface area (Å²) in [6, 6.07) is 0. The minimum absolute atomic E-state index is 0.183. The summed E-state index contributed by atoms with van der Waals surface area (Å²) in [7, 11) is 1.20. The van der Waals surface area contributed by atoms with Crippen LogP contribution in [-0.4, -0.2) is 17.2 Å². The molecule has 0 unspecified atom stereocenters. The van der Waals surface area contributed by atoms with Crippen molar-refractivity contribution in [3.05, 3.63) is 16.9 Å². The second kappa shape index (κ2) is 3.74. The Balaban J connectivity index is 3.32. The van der Waals surface area contributed by atoms with Gasteiger partial charge in [-0.3, -0.25) is 0 Å². The van der Waals surface area contributed by atoms with Gasteiger partial charge in [-0.15, -0.1) is 0 Å². The molecule has 3 nitrogen and oxygen atoms in total. The van der Waals surface area contributed by atoms with E-state index < -0.39 is 17.7 Å². The number of nitrogens with zero attached hydrogens (tertiary/aromatic N) is 1. The molecule has 0 atom stereocenters. The monoisotopic (exact) mass is 209 g/mol. The summed E-state index contributed by atoms with van der Waals surface area (Å²) in [5.41, 5.74) is -0.637. The van der Waals surface area contributed by atoms with E-state index in [-0.39, 0.29) is 10.9 Å². The first kappa shape index (κ1) is 9.98. The van der Waals surface area contributed by atoms with Crippen molar-refractivity contribution in [1.29, 1.82) is 0 Å². The molecule has 0 aliphatic rings. The van der Waals surface area contributed by atoms with Crippen molar-refractivity contribution < 1.29 is 18.6 Å². The van der Waals surface area contributed by atoms with Crippen molar-refractivity contribution in [1.82, 2.24) is 4.98 Å². The molecule has 1 heterocycles. The van der Waals surface area contributed by atoms with Crippen LogP contribution in [0, 0.1) is 0 Å². The van der Waals surface area contributed by atoms with Crippen LogP contribution in [0.25, 0.3) is 0 Å². The third-order valence-corrected chi connectivity index (χ3v) is 1.73. The summed E-state index contributed by atoms with van der Waals surface area (Å²) in [5, 5.41) is 8.76. The Labute approximate surface area is 77.9 Å². The standard InChI is InChI=1S/C7H6ClF2NO2/c1-13-3-2-11-6(8)5(12)4(3)7(9)10/h2,7,12H,1H3. The third-order valence-electron chi connectivity index (χ3n) is 1.45. The molecule has 0 saturated heterocycles. The van der Waals surface area contributed by atoms with Crippen LogP contribution in [0.5, 0.6) is 11.5 Å². The van der Waals surface area contributed by atoms with E-state index in [1.54, 1.807) is 0 Å². The molecule has 0 aromatic carbocycles. The van der Waals surface area contributed by atoms with E-state index in [1.165, 1.54) is 7.11 Å². The van der Waals surface area contributed by atoms with E-state index in [0.29, 0.717) is 0 Å². The molecule has 0 aliphatic heterocycles. The zero-order valence-electron chi connectivity index (χ0n) is 6.59. The van der Waals surface area contributed by atoms with E-state index in [0.717, 1.165) is 6.20 Å². The average Bonchev–Trinajstić information content (AvgIpc) is 2.08. The topological polar surface area (TPSA) is 42.4 Å². The second-order valence-corrected chi connectivity index (χ2v) is 2.54. The van der Waals surface area contributed by atoms with Crippen LogP contribution in [-0.2, 0) is 0 Å². The quantitative estimate of drug-likeness (QED) is 0.761. The fraction of sp³-hybridized carbons (Fsp3) is 0.286. The Bertz CT molecular complexity index is 320. The fourth-order valence-corrected chi connectivity index (χ4v) is 0.998. The summed E-state index contributed by atoms with van der Waals surface area (Å²) in [6.07, 6.45) is -1.82. The first-order valence-corrected chi connectivity index (χ1v) is 3.65. The van der Waals surface area contributed by atoms with Gasteiger partial charge in [0.05, 0.1) is 13.3 Å². The van der Waals surface area contributed by atoms with Gasteiger partial charge in [-0.05, 0) is 0 Å². The Morgan fingerprint density at radius 3 is 2.69 bits per heavy atom. The molecule has 0 amide bonds. The Morgan fingerprint density at radius 2 is 2.23 bits per heavy atom. The minimum Gasteiger partial charge on any atom is -0.504 e. The van der Waals surface area contributed by atoms with Crippen LogP contribution in [0.4, 0.5) is 8.78 Å². The van der Waals surface area contributed by atoms with Gasteiger partial charge < -0.3 is 9.84 Å². The second-order valence-electron chi connectivity index (χ2n) is 2.18. The van der Waals surface area contributed by atoms with E-state index in [1.807, 2.05) is 0 Å². The SMILES string of the molecule is COc1cnc(Cl)c(O)c1C(F)F. The number of alkyl halides is 2. The number of methoxy groups -OCH3 is 1. The van der Waals surface area contributed by atoms with Gasteiger partial charge in [0.1, 0.15) is 11.3 Å². The molecule has 1 aromatic rings. The molecule has 0 spiro atoms. The number of rotatable bonds is 2. The Morgan fingerprint density at radius 1 is 1.62 bits per heavy atom. The minimum atomic E-state index is -2.85. The van der Waals surface area contributed by atoms with Gasteiger partial charge in [0.2, 0.25) is 0 Å². The maximum atomic E-state index is 12.3. The largest absolute Gasteiger partial charge is 0.504 e. The van der Waals surface area contributed by atoms with Crippen LogP contribution in [0.15, 0.2) is 6.20 Å². The fourth-order valence-electron chi connectivity index (χ4n) is 0.847. The number of pyridine rings is 1. The molecule has 1 aromatic heterocycles. The molecule has 0 bridgehead atoms. The molecule has 0 radical (unpaired) electrons. The molecule has 72 valence electrons. The van der Waals surface area contributed by atoms with Gasteiger partial charge in [0, 0.05) is 0 Å². The number of aromatic nitrogens is 1. The molecule has 0 aliphatic carbocycles. The molecule has 6 heteroatoms. The molecule has 1 N–H and O–H groups in total. The van der Waals surface area contributed by atoms with Gasteiger partial charge in [0.25, 0.3) is 6.43 Å². The van der Waals surface area contributed by atoms with Gasteiger partial charge in [-0.1, -0.05) is 11.6 Å². The van der Waals surface area contributed by atoms with E-state index in [9.17, 15) is 8.78 Å². The van der Waals surface area contributed by atoms with Crippen LogP contribution in [0.3, 0.4) is 0 Å².